The summed E-state index contributed by atoms with van der Waals surface area (Å²) in [5, 5.41) is 3.53. The van der Waals surface area contributed by atoms with E-state index in [1.165, 1.54) is 21.9 Å². The zero-order chi connectivity index (χ0) is 15.1. The van der Waals surface area contributed by atoms with Gasteiger partial charge in [-0.15, -0.1) is 0 Å². The predicted octanol–water partition coefficient (Wildman–Crippen LogP) is 5.57. The Kier molecular flexibility index (Phi) is 2.90. The van der Waals surface area contributed by atoms with E-state index >= 15 is 0 Å². The molecule has 0 aliphatic carbocycles. The van der Waals surface area contributed by atoms with Crippen LogP contribution in [0, 0.1) is 6.92 Å². The molecule has 0 atom stereocenters. The summed E-state index contributed by atoms with van der Waals surface area (Å²) in [5.41, 5.74) is 3.29. The molecule has 0 N–H and O–H groups in total. The van der Waals surface area contributed by atoms with Gasteiger partial charge in [-0.25, -0.2) is 0 Å². The van der Waals surface area contributed by atoms with Gasteiger partial charge in [-0.1, -0.05) is 30.3 Å². The van der Waals surface area contributed by atoms with Crippen LogP contribution >= 0.6 is 0 Å². The Morgan fingerprint density at radius 2 is 1.41 bits per heavy atom. The van der Waals surface area contributed by atoms with E-state index in [1.807, 2.05) is 13.0 Å². The Balaban J connectivity index is 1.84. The number of hydrogen-bond acceptors (Lipinski definition) is 2. The molecule has 0 saturated heterocycles. The molecule has 0 saturated carbocycles. The second-order valence-corrected chi connectivity index (χ2v) is 5.54. The Bertz CT molecular complexity index is 980. The minimum absolute atomic E-state index is 0.882. The standard InChI is InChI=1S/C20H16O2/c1-13-9-18-6-5-17(12-20(18)22-13)14-3-4-16-11-19(21-2)8-7-15(16)10-14/h3-12H,1-2H3. The van der Waals surface area contributed by atoms with Crippen molar-refractivity contribution in [2.45, 2.75) is 6.92 Å². The van der Waals surface area contributed by atoms with E-state index < -0.39 is 0 Å². The molecule has 3 aromatic carbocycles. The van der Waals surface area contributed by atoms with Crippen LogP contribution in [0.5, 0.6) is 5.75 Å². The highest BCUT2D eigenvalue weighted by molar-refractivity contribution is 5.90. The van der Waals surface area contributed by atoms with E-state index in [-0.39, 0.29) is 0 Å². The number of furan rings is 1. The molecular weight excluding hydrogens is 272 g/mol. The maximum atomic E-state index is 5.73. The summed E-state index contributed by atoms with van der Waals surface area (Å²) < 4.78 is 11.0. The van der Waals surface area contributed by atoms with Crippen LogP contribution in [0.4, 0.5) is 0 Å². The summed E-state index contributed by atoms with van der Waals surface area (Å²) in [6, 6.07) is 21.0. The van der Waals surface area contributed by atoms with Crippen LogP contribution in [0.2, 0.25) is 0 Å². The topological polar surface area (TPSA) is 22.4 Å². The van der Waals surface area contributed by atoms with Gasteiger partial charge in [0.05, 0.1) is 7.11 Å². The minimum atomic E-state index is 0.882. The van der Waals surface area contributed by atoms with E-state index in [0.717, 1.165) is 22.5 Å². The summed E-state index contributed by atoms with van der Waals surface area (Å²) in [5.74, 6) is 1.82. The Labute approximate surface area is 128 Å². The molecule has 0 bridgehead atoms. The third-order valence-electron chi connectivity index (χ3n) is 4.02. The van der Waals surface area contributed by atoms with Crippen LogP contribution in [0.15, 0.2) is 65.1 Å². The first kappa shape index (κ1) is 13.0. The highest BCUT2D eigenvalue weighted by Crippen LogP contribution is 2.30. The maximum absolute atomic E-state index is 5.73. The number of benzene rings is 3. The average molecular weight is 288 g/mol. The Morgan fingerprint density at radius 3 is 2.23 bits per heavy atom. The van der Waals surface area contributed by atoms with Gasteiger partial charge in [0.25, 0.3) is 0 Å². The number of methoxy groups -OCH3 is 1. The van der Waals surface area contributed by atoms with Crippen LogP contribution in [0.3, 0.4) is 0 Å². The van der Waals surface area contributed by atoms with Crippen molar-refractivity contribution >= 4 is 21.7 Å². The zero-order valence-electron chi connectivity index (χ0n) is 12.6. The van der Waals surface area contributed by atoms with Crippen LogP contribution in [0.25, 0.3) is 32.9 Å². The zero-order valence-corrected chi connectivity index (χ0v) is 12.6. The highest BCUT2D eigenvalue weighted by Gasteiger charge is 2.05. The Hall–Kier alpha value is -2.74. The molecule has 4 aromatic rings. The van der Waals surface area contributed by atoms with Crippen molar-refractivity contribution in [1.29, 1.82) is 0 Å². The molecule has 1 heterocycles. The van der Waals surface area contributed by atoms with Crippen molar-refractivity contribution in [1.82, 2.24) is 0 Å². The monoisotopic (exact) mass is 288 g/mol. The fourth-order valence-electron chi connectivity index (χ4n) is 2.87. The number of fused-ring (bicyclic) bond motifs is 2. The molecule has 0 amide bonds. The molecule has 4 rings (SSSR count). The minimum Gasteiger partial charge on any atom is -0.497 e. The van der Waals surface area contributed by atoms with Gasteiger partial charge in [0.1, 0.15) is 17.1 Å². The van der Waals surface area contributed by atoms with Gasteiger partial charge >= 0.3 is 0 Å². The van der Waals surface area contributed by atoms with Gasteiger partial charge in [0, 0.05) is 5.39 Å². The van der Waals surface area contributed by atoms with Crippen molar-refractivity contribution in [2.24, 2.45) is 0 Å². The third kappa shape index (κ3) is 2.13. The van der Waals surface area contributed by atoms with Crippen LogP contribution in [-0.4, -0.2) is 7.11 Å². The second kappa shape index (κ2) is 4.92. The Morgan fingerprint density at radius 1 is 0.727 bits per heavy atom. The molecule has 0 fully saturated rings. The van der Waals surface area contributed by atoms with Crippen molar-refractivity contribution in [3.63, 3.8) is 0 Å². The summed E-state index contributed by atoms with van der Waals surface area (Å²) in [6.07, 6.45) is 0. The van der Waals surface area contributed by atoms with Crippen molar-refractivity contribution in [3.8, 4) is 16.9 Å². The first-order valence-corrected chi connectivity index (χ1v) is 7.31. The molecule has 108 valence electrons. The number of ether oxygens (including phenoxy) is 1. The summed E-state index contributed by atoms with van der Waals surface area (Å²) in [7, 11) is 1.69. The molecule has 0 aliphatic rings. The second-order valence-electron chi connectivity index (χ2n) is 5.54. The summed E-state index contributed by atoms with van der Waals surface area (Å²) >= 11 is 0. The molecule has 0 radical (unpaired) electrons. The molecule has 0 unspecified atom stereocenters. The molecule has 22 heavy (non-hydrogen) atoms. The van der Waals surface area contributed by atoms with Gasteiger partial charge in [-0.3, -0.25) is 0 Å². The van der Waals surface area contributed by atoms with E-state index in [1.54, 1.807) is 7.11 Å². The quantitative estimate of drug-likeness (QED) is 0.481. The molecule has 2 heteroatoms. The van der Waals surface area contributed by atoms with E-state index in [2.05, 4.69) is 54.6 Å². The van der Waals surface area contributed by atoms with Gasteiger partial charge in [-0.2, -0.15) is 0 Å². The number of hydrogen-bond donors (Lipinski definition) is 0. The maximum Gasteiger partial charge on any atom is 0.134 e. The van der Waals surface area contributed by atoms with Gasteiger partial charge in [0.2, 0.25) is 0 Å². The molecular formula is C20H16O2. The first-order valence-electron chi connectivity index (χ1n) is 7.31. The molecule has 0 aliphatic heterocycles. The van der Waals surface area contributed by atoms with Crippen molar-refractivity contribution < 1.29 is 9.15 Å². The lowest BCUT2D eigenvalue weighted by atomic mass is 10.0. The summed E-state index contributed by atoms with van der Waals surface area (Å²) in [4.78, 5) is 0. The molecule has 2 nitrogen and oxygen atoms in total. The lowest BCUT2D eigenvalue weighted by Gasteiger charge is -2.06. The van der Waals surface area contributed by atoms with Gasteiger partial charge in [-0.05, 0) is 59.2 Å². The van der Waals surface area contributed by atoms with Gasteiger partial charge in [0.15, 0.2) is 0 Å². The van der Waals surface area contributed by atoms with Crippen molar-refractivity contribution in [2.75, 3.05) is 7.11 Å². The predicted molar refractivity (Wildman–Crippen MR) is 90.4 cm³/mol. The SMILES string of the molecule is COc1ccc2cc(-c3ccc4cc(C)oc4c3)ccc2c1. The number of rotatable bonds is 2. The third-order valence-corrected chi connectivity index (χ3v) is 4.02. The average Bonchev–Trinajstić information content (AvgIpc) is 2.92. The van der Waals surface area contributed by atoms with Crippen LogP contribution in [0.1, 0.15) is 5.76 Å². The largest absolute Gasteiger partial charge is 0.497 e. The fraction of sp³-hybridized carbons (Fsp3) is 0.100. The lowest BCUT2D eigenvalue weighted by molar-refractivity contribution is 0.415. The van der Waals surface area contributed by atoms with Crippen molar-refractivity contribution in [3.05, 3.63) is 66.4 Å². The van der Waals surface area contributed by atoms with E-state index in [0.29, 0.717) is 0 Å². The van der Waals surface area contributed by atoms with Crippen LogP contribution in [-0.2, 0) is 0 Å². The number of aryl methyl sites for hydroxylation is 1. The smallest absolute Gasteiger partial charge is 0.134 e. The molecule has 1 aromatic heterocycles. The fourth-order valence-corrected chi connectivity index (χ4v) is 2.87. The lowest BCUT2D eigenvalue weighted by Crippen LogP contribution is -1.83. The van der Waals surface area contributed by atoms with Crippen LogP contribution < -0.4 is 4.74 Å². The van der Waals surface area contributed by atoms with E-state index in [4.69, 9.17) is 9.15 Å². The highest BCUT2D eigenvalue weighted by atomic mass is 16.5. The van der Waals surface area contributed by atoms with Gasteiger partial charge < -0.3 is 9.15 Å². The normalized spacial score (nSPS) is 11.2. The van der Waals surface area contributed by atoms with E-state index in [9.17, 15) is 0 Å². The summed E-state index contributed by atoms with van der Waals surface area (Å²) in [6.45, 7) is 1.98. The first-order chi connectivity index (χ1) is 10.7. The molecule has 0 spiro atoms.